The van der Waals surface area contributed by atoms with Crippen LogP contribution in [-0.2, 0) is 0 Å². The molecule has 0 spiro atoms. The minimum Gasteiger partial charge on any atom is -0.329 e. The summed E-state index contributed by atoms with van der Waals surface area (Å²) in [7, 11) is 4.52. The number of hydrogen-bond donors (Lipinski definition) is 1. The van der Waals surface area contributed by atoms with Gasteiger partial charge in [0.15, 0.2) is 0 Å². The standard InChI is InChI=1S/C12H25N3S/c1-14-6-3-11(4-7-14)15(2)12(9-13)5-8-16-10-12/h11H,3-10,13H2,1-2H3. The van der Waals surface area contributed by atoms with Crippen molar-refractivity contribution >= 4 is 11.8 Å². The van der Waals surface area contributed by atoms with Gasteiger partial charge >= 0.3 is 0 Å². The summed E-state index contributed by atoms with van der Waals surface area (Å²) in [4.78, 5) is 5.04. The highest BCUT2D eigenvalue weighted by atomic mass is 32.2. The fourth-order valence-electron chi connectivity index (χ4n) is 2.95. The van der Waals surface area contributed by atoms with E-state index in [0.717, 1.165) is 12.6 Å². The van der Waals surface area contributed by atoms with Crippen molar-refractivity contribution in [3.63, 3.8) is 0 Å². The maximum Gasteiger partial charge on any atom is 0.0429 e. The number of thioether (sulfide) groups is 1. The van der Waals surface area contributed by atoms with E-state index in [9.17, 15) is 0 Å². The summed E-state index contributed by atoms with van der Waals surface area (Å²) in [6.07, 6.45) is 3.88. The third-order valence-corrected chi connectivity index (χ3v) is 5.68. The molecule has 2 aliphatic heterocycles. The van der Waals surface area contributed by atoms with Gasteiger partial charge in [-0.05, 0) is 52.2 Å². The van der Waals surface area contributed by atoms with Crippen LogP contribution in [0.4, 0.5) is 0 Å². The Labute approximate surface area is 104 Å². The Balaban J connectivity index is 1.97. The number of likely N-dealkylation sites (N-methyl/N-ethyl adjacent to an activating group) is 1. The molecule has 16 heavy (non-hydrogen) atoms. The summed E-state index contributed by atoms with van der Waals surface area (Å²) < 4.78 is 0. The van der Waals surface area contributed by atoms with Crippen molar-refractivity contribution in [2.24, 2.45) is 5.73 Å². The van der Waals surface area contributed by atoms with Crippen molar-refractivity contribution in [1.29, 1.82) is 0 Å². The zero-order valence-corrected chi connectivity index (χ0v) is 11.4. The molecule has 1 atom stereocenters. The van der Waals surface area contributed by atoms with Gasteiger partial charge in [0.25, 0.3) is 0 Å². The van der Waals surface area contributed by atoms with Crippen molar-refractivity contribution in [2.75, 3.05) is 45.2 Å². The number of piperidine rings is 1. The molecule has 0 aliphatic carbocycles. The maximum atomic E-state index is 6.04. The zero-order valence-electron chi connectivity index (χ0n) is 10.6. The SMILES string of the molecule is CN1CCC(N(C)C2(CN)CCSC2)CC1. The van der Waals surface area contributed by atoms with Gasteiger partial charge in [0, 0.05) is 23.9 Å². The number of likely N-dealkylation sites (tertiary alicyclic amines) is 1. The van der Waals surface area contributed by atoms with E-state index < -0.39 is 0 Å². The largest absolute Gasteiger partial charge is 0.329 e. The summed E-state index contributed by atoms with van der Waals surface area (Å²) in [5.41, 5.74) is 6.34. The highest BCUT2D eigenvalue weighted by Crippen LogP contribution is 2.34. The van der Waals surface area contributed by atoms with E-state index in [0.29, 0.717) is 5.54 Å². The second kappa shape index (κ2) is 5.25. The van der Waals surface area contributed by atoms with Gasteiger partial charge in [0.05, 0.1) is 0 Å². The molecule has 2 rings (SSSR count). The van der Waals surface area contributed by atoms with Crippen molar-refractivity contribution in [3.8, 4) is 0 Å². The molecule has 2 heterocycles. The minimum atomic E-state index is 0.297. The summed E-state index contributed by atoms with van der Waals surface area (Å²) in [5, 5.41) is 0. The molecule has 0 saturated carbocycles. The molecule has 1 unspecified atom stereocenters. The van der Waals surface area contributed by atoms with Gasteiger partial charge in [-0.2, -0.15) is 11.8 Å². The quantitative estimate of drug-likeness (QED) is 0.796. The van der Waals surface area contributed by atoms with Gasteiger partial charge < -0.3 is 10.6 Å². The lowest BCUT2D eigenvalue weighted by molar-refractivity contribution is 0.0589. The Kier molecular flexibility index (Phi) is 4.16. The second-order valence-electron chi connectivity index (χ2n) is 5.38. The van der Waals surface area contributed by atoms with Gasteiger partial charge in [-0.25, -0.2) is 0 Å². The van der Waals surface area contributed by atoms with Crippen LogP contribution in [0.1, 0.15) is 19.3 Å². The van der Waals surface area contributed by atoms with E-state index in [-0.39, 0.29) is 0 Å². The molecule has 2 fully saturated rings. The zero-order chi connectivity index (χ0) is 11.6. The molecule has 0 bridgehead atoms. The molecule has 2 saturated heterocycles. The monoisotopic (exact) mass is 243 g/mol. The van der Waals surface area contributed by atoms with Crippen molar-refractivity contribution in [1.82, 2.24) is 9.80 Å². The first kappa shape index (κ1) is 12.7. The van der Waals surface area contributed by atoms with Crippen LogP contribution in [0.25, 0.3) is 0 Å². The Morgan fingerprint density at radius 2 is 2.12 bits per heavy atom. The van der Waals surface area contributed by atoms with Crippen LogP contribution in [0.2, 0.25) is 0 Å². The number of nitrogens with zero attached hydrogens (tertiary/aromatic N) is 2. The van der Waals surface area contributed by atoms with E-state index >= 15 is 0 Å². The molecule has 0 amide bonds. The van der Waals surface area contributed by atoms with Gasteiger partial charge in [-0.3, -0.25) is 4.90 Å². The lowest BCUT2D eigenvalue weighted by Crippen LogP contribution is -2.58. The molecule has 0 aromatic carbocycles. The maximum absolute atomic E-state index is 6.04. The number of hydrogen-bond acceptors (Lipinski definition) is 4. The van der Waals surface area contributed by atoms with Crippen LogP contribution in [0.3, 0.4) is 0 Å². The van der Waals surface area contributed by atoms with Crippen molar-refractivity contribution < 1.29 is 0 Å². The fourth-order valence-corrected chi connectivity index (χ4v) is 4.46. The second-order valence-corrected chi connectivity index (χ2v) is 6.48. The van der Waals surface area contributed by atoms with Crippen molar-refractivity contribution in [3.05, 3.63) is 0 Å². The molecule has 94 valence electrons. The number of rotatable bonds is 3. The first-order valence-electron chi connectivity index (χ1n) is 6.37. The molecule has 4 heteroatoms. The summed E-state index contributed by atoms with van der Waals surface area (Å²) in [6, 6.07) is 0.749. The third kappa shape index (κ3) is 2.40. The van der Waals surface area contributed by atoms with Crippen LogP contribution >= 0.6 is 11.8 Å². The fraction of sp³-hybridized carbons (Fsp3) is 1.00. The Morgan fingerprint density at radius 1 is 1.44 bits per heavy atom. The predicted molar refractivity (Wildman–Crippen MR) is 72.0 cm³/mol. The smallest absolute Gasteiger partial charge is 0.0429 e. The van der Waals surface area contributed by atoms with Crippen molar-refractivity contribution in [2.45, 2.75) is 30.8 Å². The molecular weight excluding hydrogens is 218 g/mol. The molecule has 2 N–H and O–H groups in total. The first-order chi connectivity index (χ1) is 7.68. The third-order valence-electron chi connectivity index (χ3n) is 4.45. The lowest BCUT2D eigenvalue weighted by atomic mass is 9.92. The molecule has 0 aromatic heterocycles. The van der Waals surface area contributed by atoms with E-state index in [2.05, 4.69) is 35.7 Å². The average molecular weight is 243 g/mol. The molecule has 0 radical (unpaired) electrons. The van der Waals surface area contributed by atoms with E-state index in [4.69, 9.17) is 5.73 Å². The summed E-state index contributed by atoms with van der Waals surface area (Å²) >= 11 is 2.07. The minimum absolute atomic E-state index is 0.297. The molecule has 3 nitrogen and oxygen atoms in total. The van der Waals surface area contributed by atoms with Crippen LogP contribution in [-0.4, -0.2) is 66.6 Å². The van der Waals surface area contributed by atoms with E-state index in [1.165, 1.54) is 43.9 Å². The molecular formula is C12H25N3S. The topological polar surface area (TPSA) is 32.5 Å². The van der Waals surface area contributed by atoms with E-state index in [1.54, 1.807) is 0 Å². The van der Waals surface area contributed by atoms with Crippen LogP contribution < -0.4 is 5.73 Å². The predicted octanol–water partition coefficient (Wildman–Crippen LogP) is 0.847. The Hall–Kier alpha value is 0.230. The molecule has 2 aliphatic rings. The van der Waals surface area contributed by atoms with Gasteiger partial charge in [-0.15, -0.1) is 0 Å². The normalized spacial score (nSPS) is 33.8. The summed E-state index contributed by atoms with van der Waals surface area (Å²) in [5.74, 6) is 2.51. The number of nitrogens with two attached hydrogens (primary N) is 1. The van der Waals surface area contributed by atoms with Crippen LogP contribution in [0.5, 0.6) is 0 Å². The van der Waals surface area contributed by atoms with Gasteiger partial charge in [0.1, 0.15) is 0 Å². The van der Waals surface area contributed by atoms with Crippen LogP contribution in [0, 0.1) is 0 Å². The van der Waals surface area contributed by atoms with Crippen LogP contribution in [0.15, 0.2) is 0 Å². The average Bonchev–Trinajstić information content (AvgIpc) is 2.79. The van der Waals surface area contributed by atoms with Gasteiger partial charge in [-0.1, -0.05) is 0 Å². The Bertz CT molecular complexity index is 220. The highest BCUT2D eigenvalue weighted by molar-refractivity contribution is 7.99. The first-order valence-corrected chi connectivity index (χ1v) is 7.53. The highest BCUT2D eigenvalue weighted by Gasteiger charge is 2.40. The van der Waals surface area contributed by atoms with Gasteiger partial charge in [0.2, 0.25) is 0 Å². The summed E-state index contributed by atoms with van der Waals surface area (Å²) in [6.45, 7) is 3.30. The Morgan fingerprint density at radius 3 is 2.62 bits per heavy atom. The lowest BCUT2D eigenvalue weighted by Gasteiger charge is -2.45. The van der Waals surface area contributed by atoms with E-state index in [1.807, 2.05) is 0 Å². The molecule has 0 aromatic rings.